The van der Waals surface area contributed by atoms with E-state index in [4.69, 9.17) is 0 Å². The van der Waals surface area contributed by atoms with E-state index < -0.39 is 0 Å². The van der Waals surface area contributed by atoms with Crippen molar-refractivity contribution in [2.75, 3.05) is 0 Å². The Morgan fingerprint density at radius 2 is 2.07 bits per heavy atom. The fourth-order valence-electron chi connectivity index (χ4n) is 1.37. The lowest BCUT2D eigenvalue weighted by atomic mass is 9.78. The zero-order chi connectivity index (χ0) is 11.6. The van der Waals surface area contributed by atoms with Gasteiger partial charge >= 0.3 is 0 Å². The normalized spacial score (nSPS) is 13.9. The first-order valence-corrected chi connectivity index (χ1v) is 6.27. The number of thiophene rings is 1. The Hall–Kier alpha value is -0.630. The maximum Gasteiger partial charge on any atom is 0.164 e. The molecule has 2 heteroatoms. The zero-order valence-corrected chi connectivity index (χ0v) is 11.1. The van der Waals surface area contributed by atoms with Gasteiger partial charge < -0.3 is 0 Å². The zero-order valence-electron chi connectivity index (χ0n) is 10.3. The van der Waals surface area contributed by atoms with Gasteiger partial charge in [0.2, 0.25) is 0 Å². The summed E-state index contributed by atoms with van der Waals surface area (Å²) in [7, 11) is 0. The standard InChI is InChI=1S/C13H20OS/c1-9(13(3,4)5)8-12(14)11-6-7-15-10(11)2/h6-7,9H,8H2,1-5H3. The molecule has 1 atom stereocenters. The minimum Gasteiger partial charge on any atom is -0.294 e. The van der Waals surface area contributed by atoms with Gasteiger partial charge in [0, 0.05) is 16.9 Å². The van der Waals surface area contributed by atoms with Crippen LogP contribution >= 0.6 is 11.3 Å². The first kappa shape index (κ1) is 12.4. The van der Waals surface area contributed by atoms with Crippen molar-refractivity contribution < 1.29 is 4.79 Å². The highest BCUT2D eigenvalue weighted by Gasteiger charge is 2.23. The predicted molar refractivity (Wildman–Crippen MR) is 66.6 cm³/mol. The van der Waals surface area contributed by atoms with Gasteiger partial charge in [-0.15, -0.1) is 11.3 Å². The molecule has 0 amide bonds. The van der Waals surface area contributed by atoms with Crippen LogP contribution in [0.1, 0.15) is 49.4 Å². The summed E-state index contributed by atoms with van der Waals surface area (Å²) >= 11 is 1.65. The first-order valence-electron chi connectivity index (χ1n) is 5.39. The third-order valence-electron chi connectivity index (χ3n) is 3.13. The number of rotatable bonds is 3. The van der Waals surface area contributed by atoms with Crippen LogP contribution in [-0.2, 0) is 0 Å². The SMILES string of the molecule is Cc1sccc1C(=O)CC(C)C(C)(C)C. The molecule has 1 heterocycles. The van der Waals surface area contributed by atoms with Crippen molar-refractivity contribution in [1.29, 1.82) is 0 Å². The van der Waals surface area contributed by atoms with Gasteiger partial charge in [-0.1, -0.05) is 27.7 Å². The van der Waals surface area contributed by atoms with Gasteiger partial charge in [-0.2, -0.15) is 0 Å². The molecule has 1 unspecified atom stereocenters. The van der Waals surface area contributed by atoms with Crippen LogP contribution < -0.4 is 0 Å². The van der Waals surface area contributed by atoms with E-state index in [0.29, 0.717) is 12.3 Å². The number of hydrogen-bond acceptors (Lipinski definition) is 2. The van der Waals surface area contributed by atoms with E-state index in [0.717, 1.165) is 10.4 Å². The van der Waals surface area contributed by atoms with Crippen LogP contribution in [0.15, 0.2) is 11.4 Å². The third-order valence-corrected chi connectivity index (χ3v) is 3.97. The molecule has 1 rings (SSSR count). The summed E-state index contributed by atoms with van der Waals surface area (Å²) in [5.41, 5.74) is 1.12. The Kier molecular flexibility index (Phi) is 3.72. The summed E-state index contributed by atoms with van der Waals surface area (Å²) in [5.74, 6) is 0.709. The molecule has 0 aliphatic carbocycles. The number of aryl methyl sites for hydroxylation is 1. The summed E-state index contributed by atoms with van der Waals surface area (Å²) in [5, 5.41) is 1.99. The van der Waals surface area contributed by atoms with E-state index in [1.807, 2.05) is 18.4 Å². The Bertz CT molecular complexity index is 344. The smallest absolute Gasteiger partial charge is 0.164 e. The minimum absolute atomic E-state index is 0.208. The van der Waals surface area contributed by atoms with Crippen LogP contribution in [-0.4, -0.2) is 5.78 Å². The summed E-state index contributed by atoms with van der Waals surface area (Å²) in [6.07, 6.45) is 0.654. The van der Waals surface area contributed by atoms with E-state index in [9.17, 15) is 4.79 Å². The van der Waals surface area contributed by atoms with Crippen molar-refractivity contribution in [2.45, 2.75) is 41.0 Å². The lowest BCUT2D eigenvalue weighted by Crippen LogP contribution is -2.20. The molecule has 1 aromatic rings. The second-order valence-corrected chi connectivity index (χ2v) is 6.41. The second-order valence-electron chi connectivity index (χ2n) is 5.28. The van der Waals surface area contributed by atoms with Crippen molar-refractivity contribution in [3.05, 3.63) is 21.9 Å². The fourth-order valence-corrected chi connectivity index (χ4v) is 2.09. The molecular weight excluding hydrogens is 204 g/mol. The molecule has 0 spiro atoms. The maximum atomic E-state index is 12.0. The molecule has 0 fully saturated rings. The van der Waals surface area contributed by atoms with Crippen LogP contribution in [0.4, 0.5) is 0 Å². The topological polar surface area (TPSA) is 17.1 Å². The highest BCUT2D eigenvalue weighted by atomic mass is 32.1. The molecular formula is C13H20OS. The fraction of sp³-hybridized carbons (Fsp3) is 0.615. The highest BCUT2D eigenvalue weighted by molar-refractivity contribution is 7.10. The van der Waals surface area contributed by atoms with E-state index in [1.54, 1.807) is 11.3 Å². The largest absolute Gasteiger partial charge is 0.294 e. The average molecular weight is 224 g/mol. The predicted octanol–water partition coefficient (Wildman–Crippen LogP) is 4.31. The lowest BCUT2D eigenvalue weighted by Gasteiger charge is -2.26. The van der Waals surface area contributed by atoms with Crippen molar-refractivity contribution in [1.82, 2.24) is 0 Å². The lowest BCUT2D eigenvalue weighted by molar-refractivity contribution is 0.0927. The Labute approximate surface area is 96.5 Å². The number of carbonyl (C=O) groups excluding carboxylic acids is 1. The molecule has 0 N–H and O–H groups in total. The van der Waals surface area contributed by atoms with Crippen LogP contribution in [0, 0.1) is 18.3 Å². The number of Topliss-reactive ketones (excluding diaryl/α,β-unsaturated/α-hetero) is 1. The monoisotopic (exact) mass is 224 g/mol. The minimum atomic E-state index is 0.208. The number of carbonyl (C=O) groups is 1. The van der Waals surface area contributed by atoms with Gasteiger partial charge in [0.15, 0.2) is 5.78 Å². The average Bonchev–Trinajstić information content (AvgIpc) is 2.49. The Balaban J connectivity index is 2.69. The summed E-state index contributed by atoms with van der Waals surface area (Å²) < 4.78 is 0. The van der Waals surface area contributed by atoms with Crippen LogP contribution in [0.2, 0.25) is 0 Å². The summed E-state index contributed by atoms with van der Waals surface area (Å²) in [6, 6.07) is 1.94. The maximum absolute atomic E-state index is 12.0. The van der Waals surface area contributed by atoms with E-state index in [2.05, 4.69) is 27.7 Å². The van der Waals surface area contributed by atoms with Crippen LogP contribution in [0.3, 0.4) is 0 Å². The van der Waals surface area contributed by atoms with Crippen LogP contribution in [0.5, 0.6) is 0 Å². The molecule has 84 valence electrons. The Morgan fingerprint density at radius 1 is 1.47 bits per heavy atom. The van der Waals surface area contributed by atoms with Gasteiger partial charge in [0.05, 0.1) is 0 Å². The molecule has 1 aromatic heterocycles. The molecule has 0 bridgehead atoms. The van der Waals surface area contributed by atoms with E-state index >= 15 is 0 Å². The van der Waals surface area contributed by atoms with Crippen LogP contribution in [0.25, 0.3) is 0 Å². The van der Waals surface area contributed by atoms with E-state index in [1.165, 1.54) is 0 Å². The molecule has 0 aromatic carbocycles. The molecule has 0 saturated heterocycles. The molecule has 0 aliphatic heterocycles. The van der Waals surface area contributed by atoms with E-state index in [-0.39, 0.29) is 11.2 Å². The van der Waals surface area contributed by atoms with Gasteiger partial charge in [-0.05, 0) is 29.7 Å². The van der Waals surface area contributed by atoms with Crippen molar-refractivity contribution >= 4 is 17.1 Å². The third kappa shape index (κ3) is 3.16. The van der Waals surface area contributed by atoms with Gasteiger partial charge in [-0.25, -0.2) is 0 Å². The molecule has 0 aliphatic rings. The first-order chi connectivity index (χ1) is 6.82. The number of hydrogen-bond donors (Lipinski definition) is 0. The Morgan fingerprint density at radius 3 is 2.47 bits per heavy atom. The molecule has 0 saturated carbocycles. The molecule has 1 nitrogen and oxygen atoms in total. The van der Waals surface area contributed by atoms with Crippen molar-refractivity contribution in [3.63, 3.8) is 0 Å². The number of ketones is 1. The quantitative estimate of drug-likeness (QED) is 0.699. The summed E-state index contributed by atoms with van der Waals surface area (Å²) in [6.45, 7) is 10.7. The van der Waals surface area contributed by atoms with Gasteiger partial charge in [0.25, 0.3) is 0 Å². The van der Waals surface area contributed by atoms with Gasteiger partial charge in [-0.3, -0.25) is 4.79 Å². The molecule has 0 radical (unpaired) electrons. The second kappa shape index (κ2) is 4.48. The van der Waals surface area contributed by atoms with Gasteiger partial charge in [0.1, 0.15) is 0 Å². The summed E-state index contributed by atoms with van der Waals surface area (Å²) in [4.78, 5) is 13.1. The van der Waals surface area contributed by atoms with Crippen molar-refractivity contribution in [2.24, 2.45) is 11.3 Å². The molecule has 15 heavy (non-hydrogen) atoms. The van der Waals surface area contributed by atoms with Crippen molar-refractivity contribution in [3.8, 4) is 0 Å². The highest BCUT2D eigenvalue weighted by Crippen LogP contribution is 2.30.